The number of nitrogen functional groups attached to an aromatic ring is 1. The maximum Gasteiger partial charge on any atom is 0.254 e. The van der Waals surface area contributed by atoms with Crippen molar-refractivity contribution in [2.75, 3.05) is 25.4 Å². The van der Waals surface area contributed by atoms with Crippen molar-refractivity contribution in [2.45, 2.75) is 64.4 Å². The Hall–Kier alpha value is -2.30. The van der Waals surface area contributed by atoms with Gasteiger partial charge in [0.25, 0.3) is 5.95 Å². The van der Waals surface area contributed by atoms with Crippen LogP contribution < -0.4 is 5.73 Å². The van der Waals surface area contributed by atoms with Gasteiger partial charge in [0.1, 0.15) is 11.9 Å². The lowest BCUT2D eigenvalue weighted by atomic mass is 10.2. The Balaban J connectivity index is 1.84. The second-order valence-corrected chi connectivity index (χ2v) is 7.34. The molecule has 0 amide bonds. The van der Waals surface area contributed by atoms with E-state index in [9.17, 15) is 10.2 Å². The number of hydrogen-bond donors (Lipinski definition) is 3. The van der Waals surface area contributed by atoms with E-state index in [1.807, 2.05) is 0 Å². The van der Waals surface area contributed by atoms with Gasteiger partial charge in [0.2, 0.25) is 0 Å². The number of anilines is 1. The summed E-state index contributed by atoms with van der Waals surface area (Å²) in [5.41, 5.74) is 6.59. The molecule has 160 valence electrons. The van der Waals surface area contributed by atoms with Crippen molar-refractivity contribution >= 4 is 29.1 Å². The van der Waals surface area contributed by atoms with Crippen molar-refractivity contribution in [2.24, 2.45) is 4.99 Å². The largest absolute Gasteiger partial charge is 0.394 e. The molecule has 3 heterocycles. The van der Waals surface area contributed by atoms with Crippen molar-refractivity contribution in [3.8, 4) is 0 Å². The molecule has 0 aliphatic carbocycles. The van der Waals surface area contributed by atoms with Gasteiger partial charge in [0, 0.05) is 19.5 Å². The Morgan fingerprint density at radius 2 is 2.03 bits per heavy atom. The van der Waals surface area contributed by atoms with Gasteiger partial charge in [-0.05, 0) is 12.8 Å². The number of rotatable bonds is 10. The Bertz CT molecular complexity index is 817. The van der Waals surface area contributed by atoms with Crippen molar-refractivity contribution in [3.05, 3.63) is 6.20 Å². The highest BCUT2D eigenvalue weighted by Crippen LogP contribution is 2.31. The number of aliphatic imine (C=N–C) groups is 1. The van der Waals surface area contributed by atoms with Gasteiger partial charge in [0.05, 0.1) is 30.6 Å². The normalized spacial score (nSPS) is 22.1. The van der Waals surface area contributed by atoms with E-state index in [4.69, 9.17) is 10.5 Å². The molecular weight excluding hydrogens is 374 g/mol. The molecule has 4 N–H and O–H groups in total. The highest BCUT2D eigenvalue weighted by molar-refractivity contribution is 5.86. The van der Waals surface area contributed by atoms with Crippen molar-refractivity contribution in [1.82, 2.24) is 24.6 Å². The van der Waals surface area contributed by atoms with Crippen LogP contribution in [0.3, 0.4) is 0 Å². The van der Waals surface area contributed by atoms with Crippen LogP contribution in [0.5, 0.6) is 0 Å². The van der Waals surface area contributed by atoms with Crippen LogP contribution in [0.1, 0.15) is 52.2 Å². The van der Waals surface area contributed by atoms with Crippen molar-refractivity contribution in [3.63, 3.8) is 0 Å². The van der Waals surface area contributed by atoms with Gasteiger partial charge in [-0.3, -0.25) is 0 Å². The lowest BCUT2D eigenvalue weighted by Gasteiger charge is -2.18. The number of aliphatic hydroxyl groups excluding tert-OH is 2. The zero-order valence-electron chi connectivity index (χ0n) is 17.1. The molecule has 0 aromatic carbocycles. The van der Waals surface area contributed by atoms with Gasteiger partial charge >= 0.3 is 0 Å². The summed E-state index contributed by atoms with van der Waals surface area (Å²) < 4.78 is 7.26. The third-order valence-electron chi connectivity index (χ3n) is 5.06. The third kappa shape index (κ3) is 5.01. The van der Waals surface area contributed by atoms with Gasteiger partial charge in [-0.2, -0.15) is 15.1 Å². The average molecular weight is 406 g/mol. The van der Waals surface area contributed by atoms with E-state index in [1.54, 1.807) is 17.2 Å². The Morgan fingerprint density at radius 1 is 1.31 bits per heavy atom. The summed E-state index contributed by atoms with van der Waals surface area (Å²) >= 11 is 0. The minimum Gasteiger partial charge on any atom is -0.394 e. The number of ether oxygens (including phenoxy) is 1. The Kier molecular flexibility index (Phi) is 7.34. The van der Waals surface area contributed by atoms with Crippen LogP contribution in [0.4, 0.5) is 11.8 Å². The summed E-state index contributed by atoms with van der Waals surface area (Å²) in [5.74, 6) is 0.548. The zero-order valence-corrected chi connectivity index (χ0v) is 17.1. The van der Waals surface area contributed by atoms with E-state index < -0.39 is 18.4 Å². The maximum absolute atomic E-state index is 10.0. The molecule has 1 saturated heterocycles. The fourth-order valence-corrected chi connectivity index (χ4v) is 3.32. The van der Waals surface area contributed by atoms with Crippen molar-refractivity contribution in [1.29, 1.82) is 0 Å². The van der Waals surface area contributed by atoms with Crippen LogP contribution in [-0.4, -0.2) is 73.1 Å². The molecule has 2 aromatic heterocycles. The summed E-state index contributed by atoms with van der Waals surface area (Å²) in [6.07, 6.45) is 6.17. The number of unbranched alkanes of at least 4 members (excludes halogenated alkanes) is 2. The number of aliphatic hydroxyl groups is 2. The molecule has 1 aliphatic rings. The van der Waals surface area contributed by atoms with Gasteiger partial charge < -0.3 is 25.6 Å². The van der Waals surface area contributed by atoms with Crippen LogP contribution >= 0.6 is 0 Å². The molecule has 10 nitrogen and oxygen atoms in total. The minimum absolute atomic E-state index is 0.255. The molecule has 0 saturated carbocycles. The molecule has 0 unspecified atom stereocenters. The summed E-state index contributed by atoms with van der Waals surface area (Å²) in [5, 5.41) is 24.2. The topological polar surface area (TPSA) is 135 Å². The van der Waals surface area contributed by atoms with Gasteiger partial charge in [-0.15, -0.1) is 0 Å². The van der Waals surface area contributed by atoms with Crippen LogP contribution in [0.15, 0.2) is 11.2 Å². The first-order valence-corrected chi connectivity index (χ1v) is 10.3. The minimum atomic E-state index is -0.758. The number of nitrogens with zero attached hydrogens (tertiary/aromatic N) is 6. The highest BCUT2D eigenvalue weighted by Gasteiger charge is 2.36. The van der Waals surface area contributed by atoms with E-state index in [0.717, 1.165) is 38.8 Å². The summed E-state index contributed by atoms with van der Waals surface area (Å²) in [7, 11) is 0. The number of nitrogens with two attached hydrogens (primary N) is 1. The summed E-state index contributed by atoms with van der Waals surface area (Å²) in [6.45, 7) is 5.95. The van der Waals surface area contributed by atoms with Crippen molar-refractivity contribution < 1.29 is 14.9 Å². The van der Waals surface area contributed by atoms with Crippen LogP contribution in [0.25, 0.3) is 11.0 Å². The number of aromatic nitrogens is 4. The molecule has 2 aromatic rings. The second kappa shape index (κ2) is 9.95. The SMILES string of the molecule is CCCCN(/C=N\c1nc(N)c2cnn([C@H]3C[C@H](O)[C@@H](CO)O3)c2n1)CCCC. The quantitative estimate of drug-likeness (QED) is 0.401. The predicted octanol–water partition coefficient (Wildman–Crippen LogP) is 1.61. The lowest BCUT2D eigenvalue weighted by molar-refractivity contribution is -0.0470. The summed E-state index contributed by atoms with van der Waals surface area (Å²) in [4.78, 5) is 15.4. The standard InChI is InChI=1S/C19H31N7O3/c1-3-5-7-25(8-6-4-2)12-21-19-23-17(20)13-10-22-26(18(13)24-19)16-9-14(28)15(11-27)29-16/h10,12,14-16,27-28H,3-9,11H2,1-2H3,(H2,20,23,24)/b21-12-/t14-,15+,16+/m0/s1. The van der Waals surface area contributed by atoms with E-state index >= 15 is 0 Å². The zero-order chi connectivity index (χ0) is 20.8. The van der Waals surface area contributed by atoms with Gasteiger partial charge in [0.15, 0.2) is 11.9 Å². The first kappa shape index (κ1) is 21.4. The molecule has 29 heavy (non-hydrogen) atoms. The molecule has 0 spiro atoms. The molecule has 10 heteroatoms. The molecule has 3 atom stereocenters. The lowest BCUT2D eigenvalue weighted by Crippen LogP contribution is -2.24. The predicted molar refractivity (Wildman–Crippen MR) is 111 cm³/mol. The van der Waals surface area contributed by atoms with E-state index in [1.165, 1.54) is 0 Å². The monoisotopic (exact) mass is 405 g/mol. The van der Waals surface area contributed by atoms with Gasteiger partial charge in [-0.1, -0.05) is 26.7 Å². The first-order chi connectivity index (χ1) is 14.1. The molecular formula is C19H31N7O3. The molecule has 3 rings (SSSR count). The maximum atomic E-state index is 10.0. The second-order valence-electron chi connectivity index (χ2n) is 7.34. The molecule has 1 fully saturated rings. The van der Waals surface area contributed by atoms with Gasteiger partial charge in [-0.25, -0.2) is 9.67 Å². The average Bonchev–Trinajstić information content (AvgIpc) is 3.30. The Morgan fingerprint density at radius 3 is 2.66 bits per heavy atom. The fraction of sp³-hybridized carbons (Fsp3) is 0.684. The third-order valence-corrected chi connectivity index (χ3v) is 5.06. The smallest absolute Gasteiger partial charge is 0.254 e. The van der Waals surface area contributed by atoms with E-state index in [0.29, 0.717) is 23.3 Å². The van der Waals surface area contributed by atoms with E-state index in [2.05, 4.69) is 38.8 Å². The van der Waals surface area contributed by atoms with E-state index in [-0.39, 0.29) is 12.6 Å². The summed E-state index contributed by atoms with van der Waals surface area (Å²) in [6, 6.07) is 0. The molecule has 0 bridgehead atoms. The molecule has 1 aliphatic heterocycles. The Labute approximate surface area is 170 Å². The molecule has 0 radical (unpaired) electrons. The van der Waals surface area contributed by atoms with Crippen LogP contribution in [-0.2, 0) is 4.74 Å². The number of fused-ring (bicyclic) bond motifs is 1. The fourth-order valence-electron chi connectivity index (χ4n) is 3.32. The highest BCUT2D eigenvalue weighted by atomic mass is 16.5. The first-order valence-electron chi connectivity index (χ1n) is 10.3. The van der Waals surface area contributed by atoms with Crippen LogP contribution in [0, 0.1) is 0 Å². The van der Waals surface area contributed by atoms with Crippen LogP contribution in [0.2, 0.25) is 0 Å². The number of hydrogen-bond acceptors (Lipinski definition) is 8.